The Morgan fingerprint density at radius 3 is 2.65 bits per heavy atom. The van der Waals surface area contributed by atoms with Crippen LogP contribution >= 0.6 is 11.6 Å². The first-order valence-corrected chi connectivity index (χ1v) is 24.6. The molecule has 0 spiro atoms. The molecule has 0 N–H and O–H groups in total. The highest BCUT2D eigenvalue weighted by Gasteiger charge is 2.49. The lowest BCUT2D eigenvalue weighted by Crippen LogP contribution is -2.43. The standard InChI is InChI=1S/C39H50ClFN6O5SSi/c1-25-7-9-28(10-8-25)53(48,49)52-37-29-11-14-45(22-33(29)43-38(44-37)51-23-39-12-6-13-46(39)21-27(41)19-39)36-31-20-42-47(24-50-15-16-54(3,4)5)34(31)18-32(40)35(36)30-17-26(30)2/h7-10,18,20,26-27,30H,6,11-17,19,21-24H2,1-5H3/t26-,27-,30+,39+/m1/s1. The summed E-state index contributed by atoms with van der Waals surface area (Å²) < 4.78 is 62.0. The molecule has 15 heteroatoms. The van der Waals surface area contributed by atoms with E-state index in [1.54, 1.807) is 12.1 Å². The van der Waals surface area contributed by atoms with Gasteiger partial charge in [-0.25, -0.2) is 9.07 Å². The molecule has 4 aromatic rings. The van der Waals surface area contributed by atoms with Crippen LogP contribution in [0.4, 0.5) is 10.1 Å². The number of anilines is 1. The van der Waals surface area contributed by atoms with Crippen molar-refractivity contribution < 1.29 is 26.5 Å². The highest BCUT2D eigenvalue weighted by molar-refractivity contribution is 7.87. The van der Waals surface area contributed by atoms with Gasteiger partial charge in [-0.2, -0.15) is 23.5 Å². The topological polar surface area (TPSA) is 112 Å². The number of alkyl halides is 1. The molecular formula is C39H50ClFN6O5SSi. The zero-order valence-corrected chi connectivity index (χ0v) is 34.3. The Morgan fingerprint density at radius 1 is 1.13 bits per heavy atom. The quantitative estimate of drug-likeness (QED) is 0.0766. The molecule has 4 atom stereocenters. The van der Waals surface area contributed by atoms with Crippen molar-refractivity contribution >= 4 is 46.4 Å². The van der Waals surface area contributed by atoms with Gasteiger partial charge in [0, 0.05) is 50.2 Å². The summed E-state index contributed by atoms with van der Waals surface area (Å²) in [6, 6.07) is 9.62. The first kappa shape index (κ1) is 37.6. The fourth-order valence-electron chi connectivity index (χ4n) is 8.44. The van der Waals surface area contributed by atoms with E-state index in [0.29, 0.717) is 73.9 Å². The van der Waals surface area contributed by atoms with E-state index in [4.69, 9.17) is 35.3 Å². The monoisotopic (exact) mass is 796 g/mol. The summed E-state index contributed by atoms with van der Waals surface area (Å²) in [7, 11) is -5.47. The van der Waals surface area contributed by atoms with Crippen LogP contribution in [0.25, 0.3) is 10.9 Å². The van der Waals surface area contributed by atoms with Crippen molar-refractivity contribution in [2.24, 2.45) is 5.92 Å². The highest BCUT2D eigenvalue weighted by Crippen LogP contribution is 2.55. The SMILES string of the molecule is Cc1ccc(S(=O)(=O)Oc2nc(OC[C@@]34CCCN3C[C@H](F)C4)nc3c2CCN(c2c([C@H]4C[C@H]4C)c(Cl)cc4c2cnn4COCC[Si](C)(C)C)C3)cc1. The number of benzene rings is 2. The summed E-state index contributed by atoms with van der Waals surface area (Å²) in [6.45, 7) is 14.5. The van der Waals surface area contributed by atoms with Crippen LogP contribution in [0.5, 0.6) is 11.9 Å². The maximum Gasteiger partial charge on any atom is 0.340 e. The van der Waals surface area contributed by atoms with Gasteiger partial charge in [0.25, 0.3) is 0 Å². The van der Waals surface area contributed by atoms with Crippen LogP contribution in [-0.4, -0.2) is 85.7 Å². The van der Waals surface area contributed by atoms with Crippen LogP contribution in [0.3, 0.4) is 0 Å². The fourth-order valence-corrected chi connectivity index (χ4v) is 10.4. The predicted octanol–water partition coefficient (Wildman–Crippen LogP) is 7.51. The number of aromatic nitrogens is 4. The summed E-state index contributed by atoms with van der Waals surface area (Å²) in [5, 5.41) is 6.44. The largest absolute Gasteiger partial charge is 0.461 e. The lowest BCUT2D eigenvalue weighted by molar-refractivity contribution is 0.0817. The Kier molecular flexibility index (Phi) is 9.98. The third kappa shape index (κ3) is 7.48. The molecule has 11 nitrogen and oxygen atoms in total. The molecule has 0 radical (unpaired) electrons. The van der Waals surface area contributed by atoms with Crippen LogP contribution in [0.15, 0.2) is 41.4 Å². The number of rotatable bonds is 13. The maximum atomic E-state index is 14.6. The Balaban J connectivity index is 1.14. The predicted molar refractivity (Wildman–Crippen MR) is 210 cm³/mol. The van der Waals surface area contributed by atoms with Crippen LogP contribution in [0.1, 0.15) is 60.9 Å². The Morgan fingerprint density at radius 2 is 1.91 bits per heavy atom. The molecule has 54 heavy (non-hydrogen) atoms. The van der Waals surface area contributed by atoms with Crippen LogP contribution in [0.2, 0.25) is 30.7 Å². The van der Waals surface area contributed by atoms with E-state index in [1.807, 2.05) is 23.9 Å². The van der Waals surface area contributed by atoms with E-state index in [2.05, 4.69) is 41.3 Å². The van der Waals surface area contributed by atoms with E-state index in [1.165, 1.54) is 12.1 Å². The van der Waals surface area contributed by atoms with Gasteiger partial charge < -0.3 is 18.6 Å². The third-order valence-electron chi connectivity index (χ3n) is 11.7. The van der Waals surface area contributed by atoms with Crippen molar-refractivity contribution in [3.63, 3.8) is 0 Å². The Hall–Kier alpha value is -3.30. The maximum absolute atomic E-state index is 14.6. The number of hydrogen-bond donors (Lipinski definition) is 0. The second kappa shape index (κ2) is 14.3. The second-order valence-corrected chi connectivity index (χ2v) is 24.6. The lowest BCUT2D eigenvalue weighted by atomic mass is 9.95. The minimum absolute atomic E-state index is 0.0174. The third-order valence-corrected chi connectivity index (χ3v) is 14.9. The van der Waals surface area contributed by atoms with Gasteiger partial charge in [-0.3, -0.25) is 4.90 Å². The van der Waals surface area contributed by atoms with Gasteiger partial charge in [-0.15, -0.1) is 0 Å². The van der Waals surface area contributed by atoms with Crippen molar-refractivity contribution in [2.75, 3.05) is 37.7 Å². The van der Waals surface area contributed by atoms with Crippen LogP contribution < -0.4 is 13.8 Å². The van der Waals surface area contributed by atoms with Crippen molar-refractivity contribution in [3.05, 3.63) is 63.9 Å². The van der Waals surface area contributed by atoms with Gasteiger partial charge in [-0.05, 0) is 80.8 Å². The molecule has 2 aromatic heterocycles. The second-order valence-electron chi connectivity index (χ2n) is 17.0. The number of ether oxygens (including phenoxy) is 2. The van der Waals surface area contributed by atoms with Crippen molar-refractivity contribution in [2.45, 2.75) is 107 Å². The average molecular weight is 797 g/mol. The number of hydrogen-bond acceptors (Lipinski definition) is 10. The smallest absolute Gasteiger partial charge is 0.340 e. The molecule has 4 aliphatic rings. The molecule has 2 aromatic carbocycles. The van der Waals surface area contributed by atoms with Gasteiger partial charge >= 0.3 is 16.1 Å². The molecule has 3 fully saturated rings. The van der Waals surface area contributed by atoms with Crippen molar-refractivity contribution in [1.82, 2.24) is 24.6 Å². The van der Waals surface area contributed by atoms with Crippen LogP contribution in [0, 0.1) is 12.8 Å². The average Bonchev–Trinajstić information content (AvgIpc) is 3.36. The van der Waals surface area contributed by atoms with Crippen molar-refractivity contribution in [3.8, 4) is 11.9 Å². The first-order chi connectivity index (χ1) is 25.7. The normalized spacial score (nSPS) is 24.2. The minimum atomic E-state index is -4.22. The lowest BCUT2D eigenvalue weighted by Gasteiger charge is -2.33. The Bertz CT molecular complexity index is 2170. The molecule has 1 saturated carbocycles. The number of halogens is 2. The van der Waals surface area contributed by atoms with Gasteiger partial charge in [0.15, 0.2) is 0 Å². The van der Waals surface area contributed by atoms with Gasteiger partial charge in [0.1, 0.15) is 24.4 Å². The van der Waals surface area contributed by atoms with Crippen molar-refractivity contribution in [1.29, 1.82) is 0 Å². The molecule has 1 aliphatic carbocycles. The highest BCUT2D eigenvalue weighted by atomic mass is 35.5. The summed E-state index contributed by atoms with van der Waals surface area (Å²) in [6.07, 6.45) is 4.64. The van der Waals surface area contributed by atoms with E-state index in [0.717, 1.165) is 59.6 Å². The van der Waals surface area contributed by atoms with Gasteiger partial charge in [-0.1, -0.05) is 55.9 Å². The van der Waals surface area contributed by atoms with E-state index in [9.17, 15) is 12.8 Å². The molecule has 0 unspecified atom stereocenters. The van der Waals surface area contributed by atoms with Gasteiger partial charge in [0.2, 0.25) is 5.88 Å². The molecule has 0 amide bonds. The Labute approximate surface area is 323 Å². The summed E-state index contributed by atoms with van der Waals surface area (Å²) in [5.74, 6) is 0.775. The van der Waals surface area contributed by atoms with E-state index < -0.39 is 29.9 Å². The molecule has 0 bridgehead atoms. The number of aryl methyl sites for hydroxylation is 1. The summed E-state index contributed by atoms with van der Waals surface area (Å²) in [5.41, 5.74) is 4.75. The van der Waals surface area contributed by atoms with Gasteiger partial charge in [0.05, 0.1) is 35.2 Å². The minimum Gasteiger partial charge on any atom is -0.461 e. The molecule has 2 saturated heterocycles. The van der Waals surface area contributed by atoms with E-state index >= 15 is 0 Å². The van der Waals surface area contributed by atoms with Crippen LogP contribution in [-0.2, 0) is 34.6 Å². The molecular weight excluding hydrogens is 747 g/mol. The summed E-state index contributed by atoms with van der Waals surface area (Å²) >= 11 is 7.16. The summed E-state index contributed by atoms with van der Waals surface area (Å²) in [4.78, 5) is 13.9. The molecule has 290 valence electrons. The fraction of sp³-hybridized carbons (Fsp3) is 0.564. The molecule has 3 aliphatic heterocycles. The zero-order valence-electron chi connectivity index (χ0n) is 31.8. The first-order valence-electron chi connectivity index (χ1n) is 19.1. The zero-order chi connectivity index (χ0) is 38.0. The molecule has 5 heterocycles. The molecule has 8 rings (SSSR count). The van der Waals surface area contributed by atoms with E-state index in [-0.39, 0.29) is 23.4 Å². The number of fused-ring (bicyclic) bond motifs is 3. The number of nitrogens with zero attached hydrogens (tertiary/aromatic N) is 6.